The van der Waals surface area contributed by atoms with Crippen molar-refractivity contribution in [1.82, 2.24) is 5.32 Å². The third-order valence-electron chi connectivity index (χ3n) is 3.67. The second kappa shape index (κ2) is 5.49. The number of allylic oxidation sites excluding steroid dienone is 1. The van der Waals surface area contributed by atoms with E-state index in [0.717, 1.165) is 5.70 Å². The first-order valence-electron chi connectivity index (χ1n) is 6.20. The summed E-state index contributed by atoms with van der Waals surface area (Å²) in [6.07, 6.45) is 6.88. The molecule has 2 unspecified atom stereocenters. The van der Waals surface area contributed by atoms with E-state index in [1.165, 1.54) is 10.4 Å². The van der Waals surface area contributed by atoms with Crippen molar-refractivity contribution in [3.05, 3.63) is 46.9 Å². The highest BCUT2D eigenvalue weighted by molar-refractivity contribution is 5.85. The molecule has 0 amide bonds. The maximum absolute atomic E-state index is 11.1. The number of halogens is 1. The van der Waals surface area contributed by atoms with Gasteiger partial charge >= 0.3 is 5.97 Å². The van der Waals surface area contributed by atoms with Gasteiger partial charge in [0.1, 0.15) is 0 Å². The molecule has 1 aliphatic heterocycles. The topological polar surface area (TPSA) is 49.3 Å². The van der Waals surface area contributed by atoms with E-state index in [9.17, 15) is 4.79 Å². The third kappa shape index (κ3) is 2.51. The number of nitrogens with one attached hydrogen (secondary N) is 1. The molecular weight excluding hydrogens is 262 g/mol. The monoisotopic (exact) mass is 277 g/mol. The Balaban J connectivity index is 0.00000133. The minimum absolute atomic E-state index is 0. The molecule has 2 aliphatic rings. The van der Waals surface area contributed by atoms with Gasteiger partial charge in [-0.3, -0.25) is 4.79 Å². The molecule has 0 saturated carbocycles. The smallest absolute Gasteiger partial charge is 0.308 e. The molecule has 1 fully saturated rings. The van der Waals surface area contributed by atoms with Crippen LogP contribution in [0.15, 0.2) is 36.4 Å². The van der Waals surface area contributed by atoms with Crippen molar-refractivity contribution >= 4 is 30.1 Å². The zero-order valence-corrected chi connectivity index (χ0v) is 11.2. The average Bonchev–Trinajstić information content (AvgIpc) is 2.57. The predicted molar refractivity (Wildman–Crippen MR) is 77.2 cm³/mol. The molecule has 0 bridgehead atoms. The molecule has 2 atom stereocenters. The quantitative estimate of drug-likeness (QED) is 0.801. The zero-order chi connectivity index (χ0) is 12.5. The van der Waals surface area contributed by atoms with Crippen LogP contribution in [0.3, 0.4) is 0 Å². The summed E-state index contributed by atoms with van der Waals surface area (Å²) >= 11 is 0. The number of hydrogen-bond donors (Lipinski definition) is 2. The Hall–Kier alpha value is -1.74. The standard InChI is InChI=1S/C15H15NO2.ClH/c17-15(18)12-8-11-6-3-5-10-4-1-2-7-13(10)14(11)16-9-12;/h1-7,11-12,16H,8-9H2,(H,17,18);1H. The molecule has 3 nitrogen and oxygen atoms in total. The largest absolute Gasteiger partial charge is 0.481 e. The van der Waals surface area contributed by atoms with Crippen LogP contribution in [0.5, 0.6) is 0 Å². The molecule has 3 rings (SSSR count). The van der Waals surface area contributed by atoms with Gasteiger partial charge in [0.25, 0.3) is 0 Å². The number of hydrogen-bond acceptors (Lipinski definition) is 2. The highest BCUT2D eigenvalue weighted by atomic mass is 35.5. The number of carbonyl (C=O) groups is 1. The van der Waals surface area contributed by atoms with Crippen LogP contribution in [0.1, 0.15) is 6.42 Å². The van der Waals surface area contributed by atoms with E-state index in [1.807, 2.05) is 18.2 Å². The highest BCUT2D eigenvalue weighted by Crippen LogP contribution is 2.25. The van der Waals surface area contributed by atoms with E-state index in [1.54, 1.807) is 0 Å². The molecule has 0 aromatic heterocycles. The summed E-state index contributed by atoms with van der Waals surface area (Å²) in [5, 5.41) is 14.8. The van der Waals surface area contributed by atoms with Gasteiger partial charge < -0.3 is 10.4 Å². The van der Waals surface area contributed by atoms with Crippen LogP contribution in [0, 0.1) is 11.8 Å². The second-order valence-electron chi connectivity index (χ2n) is 4.81. The molecule has 0 spiro atoms. The van der Waals surface area contributed by atoms with Crippen LogP contribution >= 0.6 is 12.4 Å². The Morgan fingerprint density at radius 1 is 1.32 bits per heavy atom. The number of aliphatic carboxylic acids is 1. The minimum atomic E-state index is -0.712. The van der Waals surface area contributed by atoms with Gasteiger partial charge in [0.2, 0.25) is 0 Å². The molecule has 0 radical (unpaired) electrons. The fraction of sp³-hybridized carbons (Fsp3) is 0.267. The summed E-state index contributed by atoms with van der Waals surface area (Å²) in [6.45, 7) is 0.517. The van der Waals surface area contributed by atoms with Crippen LogP contribution < -0.4 is 15.8 Å². The third-order valence-corrected chi connectivity index (χ3v) is 3.67. The SMILES string of the molecule is Cl.O=C(O)C1CNC2=c3ccccc3=CC=CC2C1. The van der Waals surface area contributed by atoms with Gasteiger partial charge in [-0.2, -0.15) is 0 Å². The number of fused-ring (bicyclic) bond motifs is 2. The van der Waals surface area contributed by atoms with Crippen molar-refractivity contribution in [3.8, 4) is 0 Å². The average molecular weight is 278 g/mol. The lowest BCUT2D eigenvalue weighted by Crippen LogP contribution is -2.42. The van der Waals surface area contributed by atoms with Crippen molar-refractivity contribution in [3.63, 3.8) is 0 Å². The molecular formula is C15H16ClNO2. The van der Waals surface area contributed by atoms with Crippen LogP contribution in [-0.4, -0.2) is 17.6 Å². The molecule has 4 heteroatoms. The van der Waals surface area contributed by atoms with Crippen molar-refractivity contribution < 1.29 is 9.90 Å². The molecule has 1 aliphatic carbocycles. The fourth-order valence-electron chi connectivity index (χ4n) is 2.71. The lowest BCUT2D eigenvalue weighted by molar-refractivity contribution is -0.142. The number of carboxylic acids is 1. The lowest BCUT2D eigenvalue weighted by atomic mass is 9.87. The van der Waals surface area contributed by atoms with Crippen molar-refractivity contribution in [2.75, 3.05) is 6.54 Å². The van der Waals surface area contributed by atoms with Crippen molar-refractivity contribution in [2.24, 2.45) is 11.8 Å². The predicted octanol–water partition coefficient (Wildman–Crippen LogP) is 0.877. The molecule has 1 heterocycles. The van der Waals surface area contributed by atoms with Crippen molar-refractivity contribution in [1.29, 1.82) is 0 Å². The molecule has 19 heavy (non-hydrogen) atoms. The van der Waals surface area contributed by atoms with Gasteiger partial charge in [-0.15, -0.1) is 12.4 Å². The Morgan fingerprint density at radius 2 is 2.11 bits per heavy atom. The van der Waals surface area contributed by atoms with Gasteiger partial charge in [0.05, 0.1) is 5.92 Å². The van der Waals surface area contributed by atoms with Gasteiger partial charge in [-0.05, 0) is 11.6 Å². The summed E-state index contributed by atoms with van der Waals surface area (Å²) in [7, 11) is 0. The summed E-state index contributed by atoms with van der Waals surface area (Å²) in [5.41, 5.74) is 1.16. The van der Waals surface area contributed by atoms with Crippen LogP contribution in [-0.2, 0) is 4.79 Å². The maximum atomic E-state index is 11.1. The Morgan fingerprint density at radius 3 is 2.89 bits per heavy atom. The van der Waals surface area contributed by atoms with Gasteiger partial charge in [-0.25, -0.2) is 0 Å². The second-order valence-corrected chi connectivity index (χ2v) is 4.81. The number of rotatable bonds is 1. The van der Waals surface area contributed by atoms with E-state index in [4.69, 9.17) is 5.11 Å². The zero-order valence-electron chi connectivity index (χ0n) is 10.4. The van der Waals surface area contributed by atoms with Gasteiger partial charge in [0.15, 0.2) is 0 Å². The normalized spacial score (nSPS) is 23.9. The van der Waals surface area contributed by atoms with Gasteiger partial charge in [0, 0.05) is 23.4 Å². The van der Waals surface area contributed by atoms with E-state index in [-0.39, 0.29) is 24.2 Å². The van der Waals surface area contributed by atoms with Gasteiger partial charge in [-0.1, -0.05) is 42.5 Å². The Bertz CT molecular complexity index is 636. The first-order chi connectivity index (χ1) is 8.75. The van der Waals surface area contributed by atoms with Crippen LogP contribution in [0.2, 0.25) is 0 Å². The van der Waals surface area contributed by atoms with E-state index < -0.39 is 5.97 Å². The summed E-state index contributed by atoms with van der Waals surface area (Å²) < 4.78 is 0. The summed E-state index contributed by atoms with van der Waals surface area (Å²) in [5.74, 6) is -0.829. The molecule has 2 N–H and O–H groups in total. The maximum Gasteiger partial charge on any atom is 0.308 e. The van der Waals surface area contributed by atoms with Crippen molar-refractivity contribution in [2.45, 2.75) is 6.42 Å². The van der Waals surface area contributed by atoms with E-state index in [2.05, 4.69) is 29.6 Å². The highest BCUT2D eigenvalue weighted by Gasteiger charge is 2.29. The molecule has 100 valence electrons. The van der Waals surface area contributed by atoms with E-state index >= 15 is 0 Å². The first-order valence-corrected chi connectivity index (χ1v) is 6.20. The Labute approximate surface area is 117 Å². The van der Waals surface area contributed by atoms with Crippen LogP contribution in [0.4, 0.5) is 0 Å². The first kappa shape index (κ1) is 13.7. The number of carboxylic acid groups (broad SMARTS) is 1. The summed E-state index contributed by atoms with van der Waals surface area (Å²) in [6, 6.07) is 8.22. The fourth-order valence-corrected chi connectivity index (χ4v) is 2.71. The molecule has 1 aromatic rings. The summed E-state index contributed by atoms with van der Waals surface area (Å²) in [4.78, 5) is 11.1. The molecule has 1 aromatic carbocycles. The molecule has 1 saturated heterocycles. The number of benzene rings is 1. The Kier molecular flexibility index (Phi) is 3.96. The van der Waals surface area contributed by atoms with E-state index in [0.29, 0.717) is 13.0 Å². The minimum Gasteiger partial charge on any atom is -0.481 e. The van der Waals surface area contributed by atoms with Crippen LogP contribution in [0.25, 0.3) is 11.8 Å². The lowest BCUT2D eigenvalue weighted by Gasteiger charge is -2.29. The number of piperidine rings is 1.